The largest absolute Gasteiger partial charge is 0.471 e. The third-order valence-corrected chi connectivity index (χ3v) is 4.85. The summed E-state index contributed by atoms with van der Waals surface area (Å²) in [5, 5.41) is 4.07. The first kappa shape index (κ1) is 16.7. The highest BCUT2D eigenvalue weighted by Crippen LogP contribution is 2.33. The fourth-order valence-corrected chi connectivity index (χ4v) is 3.59. The Morgan fingerprint density at radius 1 is 1.42 bits per heavy atom. The van der Waals surface area contributed by atoms with E-state index in [4.69, 9.17) is 11.6 Å². The Kier molecular flexibility index (Phi) is 4.46. The topological polar surface area (TPSA) is 59.8 Å². The van der Waals surface area contributed by atoms with E-state index in [2.05, 4.69) is 9.97 Å². The van der Waals surface area contributed by atoms with Gasteiger partial charge in [-0.3, -0.25) is 4.79 Å². The molecule has 0 aromatic carbocycles. The number of hydrogen-bond donors (Lipinski definition) is 1. The van der Waals surface area contributed by atoms with E-state index < -0.39 is 18.1 Å². The summed E-state index contributed by atoms with van der Waals surface area (Å²) < 4.78 is 39.1. The number of hydrogen-bond acceptors (Lipinski definition) is 4. The number of amides is 1. The molecule has 3 heterocycles. The van der Waals surface area contributed by atoms with Crippen LogP contribution in [0.1, 0.15) is 10.9 Å². The first-order valence-electron chi connectivity index (χ1n) is 6.72. The van der Waals surface area contributed by atoms with Crippen LogP contribution >= 0.6 is 22.9 Å². The fourth-order valence-electron chi connectivity index (χ4n) is 2.31. The number of carbonyl (C=O) groups excluding carboxylic acids is 1. The summed E-state index contributed by atoms with van der Waals surface area (Å²) in [4.78, 5) is 19.8. The Labute approximate surface area is 143 Å². The van der Waals surface area contributed by atoms with E-state index in [1.165, 1.54) is 17.7 Å². The predicted molar refractivity (Wildman–Crippen MR) is 84.1 cm³/mol. The number of alkyl halides is 3. The summed E-state index contributed by atoms with van der Waals surface area (Å²) in [6, 6.07) is 2.77. The van der Waals surface area contributed by atoms with Crippen LogP contribution in [0, 0.1) is 0 Å². The zero-order valence-electron chi connectivity index (χ0n) is 11.9. The van der Waals surface area contributed by atoms with E-state index in [9.17, 15) is 18.0 Å². The lowest BCUT2D eigenvalue weighted by molar-refractivity contribution is -0.173. The van der Waals surface area contributed by atoms with Crippen molar-refractivity contribution in [3.63, 3.8) is 0 Å². The van der Waals surface area contributed by atoms with Crippen LogP contribution in [0.2, 0.25) is 5.02 Å². The average Bonchev–Trinajstić information content (AvgIpc) is 3.14. The summed E-state index contributed by atoms with van der Waals surface area (Å²) in [7, 11) is 0. The standard InChI is InChI=1S/C14H10ClF3N4OS/c15-8-2-4-24-12(8)11(6-20-13(23)14(16,17)18)22-3-1-9-10(22)5-19-7-21-9/h1-5,7,11H,6H2,(H,20,23). The van der Waals surface area contributed by atoms with Crippen LogP contribution in [0.4, 0.5) is 13.2 Å². The summed E-state index contributed by atoms with van der Waals surface area (Å²) in [6.45, 7) is -0.267. The van der Waals surface area contributed by atoms with Crippen LogP contribution in [0.5, 0.6) is 0 Å². The molecule has 0 aliphatic carbocycles. The summed E-state index contributed by atoms with van der Waals surface area (Å²) in [6.07, 6.45) is -0.320. The fraction of sp³-hybridized carbons (Fsp3) is 0.214. The molecule has 3 aromatic heterocycles. The van der Waals surface area contributed by atoms with Gasteiger partial charge in [-0.1, -0.05) is 11.6 Å². The van der Waals surface area contributed by atoms with Gasteiger partial charge in [-0.05, 0) is 17.5 Å². The Balaban J connectivity index is 1.97. The van der Waals surface area contributed by atoms with Crippen molar-refractivity contribution in [3.8, 4) is 0 Å². The summed E-state index contributed by atoms with van der Waals surface area (Å²) >= 11 is 7.44. The highest BCUT2D eigenvalue weighted by Gasteiger charge is 2.39. The molecular weight excluding hydrogens is 365 g/mol. The molecule has 0 bridgehead atoms. The number of nitrogens with zero attached hydrogens (tertiary/aromatic N) is 3. The molecule has 126 valence electrons. The zero-order chi connectivity index (χ0) is 17.3. The number of fused-ring (bicyclic) bond motifs is 1. The van der Waals surface area contributed by atoms with Crippen molar-refractivity contribution in [3.05, 3.63) is 46.1 Å². The molecule has 0 aliphatic heterocycles. The summed E-state index contributed by atoms with van der Waals surface area (Å²) in [5.74, 6) is -1.99. The molecule has 3 rings (SSSR count). The van der Waals surface area contributed by atoms with Gasteiger partial charge in [0.1, 0.15) is 6.33 Å². The van der Waals surface area contributed by atoms with Crippen molar-refractivity contribution < 1.29 is 18.0 Å². The molecule has 0 saturated heterocycles. The van der Waals surface area contributed by atoms with E-state index >= 15 is 0 Å². The SMILES string of the molecule is O=C(NCC(c1sccc1Cl)n1ccc2ncncc21)C(F)(F)F. The van der Waals surface area contributed by atoms with E-state index in [-0.39, 0.29) is 6.54 Å². The second-order valence-corrected chi connectivity index (χ2v) is 6.23. The van der Waals surface area contributed by atoms with Crippen LogP contribution in [-0.2, 0) is 4.79 Å². The number of carbonyl (C=O) groups is 1. The predicted octanol–water partition coefficient (Wildman–Crippen LogP) is 3.41. The van der Waals surface area contributed by atoms with Gasteiger partial charge in [0, 0.05) is 17.6 Å². The molecular formula is C14H10ClF3N4OS. The molecule has 0 spiro atoms. The smallest absolute Gasteiger partial charge is 0.346 e. The summed E-state index contributed by atoms with van der Waals surface area (Å²) in [5.41, 5.74) is 1.28. The molecule has 10 heteroatoms. The number of thiophene rings is 1. The Morgan fingerprint density at radius 2 is 2.21 bits per heavy atom. The van der Waals surface area contributed by atoms with Crippen molar-refractivity contribution in [2.75, 3.05) is 6.54 Å². The van der Waals surface area contributed by atoms with Crippen molar-refractivity contribution >= 4 is 39.9 Å². The lowest BCUT2D eigenvalue weighted by atomic mass is 10.2. The van der Waals surface area contributed by atoms with Gasteiger partial charge in [0.25, 0.3) is 0 Å². The van der Waals surface area contributed by atoms with E-state index in [0.29, 0.717) is 20.9 Å². The van der Waals surface area contributed by atoms with E-state index in [0.717, 1.165) is 0 Å². The van der Waals surface area contributed by atoms with Gasteiger partial charge in [0.15, 0.2) is 0 Å². The van der Waals surface area contributed by atoms with Crippen molar-refractivity contribution in [2.45, 2.75) is 12.2 Å². The molecule has 1 N–H and O–H groups in total. The molecule has 1 atom stereocenters. The Morgan fingerprint density at radius 3 is 2.88 bits per heavy atom. The molecule has 0 saturated carbocycles. The third-order valence-electron chi connectivity index (χ3n) is 3.39. The van der Waals surface area contributed by atoms with Crippen LogP contribution in [0.3, 0.4) is 0 Å². The molecule has 1 unspecified atom stereocenters. The van der Waals surface area contributed by atoms with Crippen molar-refractivity contribution in [1.82, 2.24) is 19.9 Å². The monoisotopic (exact) mass is 374 g/mol. The molecule has 24 heavy (non-hydrogen) atoms. The lowest BCUT2D eigenvalue weighted by Gasteiger charge is -2.20. The second-order valence-electron chi connectivity index (χ2n) is 4.87. The lowest BCUT2D eigenvalue weighted by Crippen LogP contribution is -2.39. The number of rotatable bonds is 4. The van der Waals surface area contributed by atoms with Crippen LogP contribution in [-0.4, -0.2) is 33.2 Å². The Bertz CT molecular complexity index is 876. The van der Waals surface area contributed by atoms with Crippen LogP contribution < -0.4 is 5.32 Å². The average molecular weight is 375 g/mol. The molecule has 0 fully saturated rings. The van der Waals surface area contributed by atoms with E-state index in [1.807, 2.05) is 5.32 Å². The molecule has 5 nitrogen and oxygen atoms in total. The highest BCUT2D eigenvalue weighted by molar-refractivity contribution is 7.10. The molecule has 0 aliphatic rings. The van der Waals surface area contributed by atoms with Gasteiger partial charge in [-0.25, -0.2) is 9.97 Å². The van der Waals surface area contributed by atoms with E-state index in [1.54, 1.807) is 34.5 Å². The minimum Gasteiger partial charge on any atom is -0.346 e. The number of nitrogens with one attached hydrogen (secondary N) is 1. The normalized spacial score (nSPS) is 13.2. The first-order valence-corrected chi connectivity index (χ1v) is 7.98. The maximum atomic E-state index is 12.5. The van der Waals surface area contributed by atoms with Crippen LogP contribution in [0.25, 0.3) is 11.0 Å². The first-order chi connectivity index (χ1) is 11.4. The maximum Gasteiger partial charge on any atom is 0.471 e. The number of aromatic nitrogens is 3. The quantitative estimate of drug-likeness (QED) is 0.761. The van der Waals surface area contributed by atoms with Crippen molar-refractivity contribution in [2.24, 2.45) is 0 Å². The minimum atomic E-state index is -4.94. The van der Waals surface area contributed by atoms with Crippen molar-refractivity contribution in [1.29, 1.82) is 0 Å². The van der Waals surface area contributed by atoms with Gasteiger partial charge < -0.3 is 9.88 Å². The molecule has 0 radical (unpaired) electrons. The van der Waals surface area contributed by atoms with Crippen LogP contribution in [0.15, 0.2) is 36.2 Å². The van der Waals surface area contributed by atoms with Gasteiger partial charge in [-0.2, -0.15) is 13.2 Å². The van der Waals surface area contributed by atoms with Gasteiger partial charge >= 0.3 is 12.1 Å². The number of halogens is 4. The molecule has 1 amide bonds. The van der Waals surface area contributed by atoms with Gasteiger partial charge in [-0.15, -0.1) is 11.3 Å². The Hall–Kier alpha value is -2.13. The minimum absolute atomic E-state index is 0.267. The molecule has 3 aromatic rings. The maximum absolute atomic E-state index is 12.5. The van der Waals surface area contributed by atoms with Gasteiger partial charge in [0.2, 0.25) is 0 Å². The highest BCUT2D eigenvalue weighted by atomic mass is 35.5. The third kappa shape index (κ3) is 3.22. The van der Waals surface area contributed by atoms with Gasteiger partial charge in [0.05, 0.1) is 28.3 Å². The second kappa shape index (κ2) is 6.40. The zero-order valence-corrected chi connectivity index (χ0v) is 13.5.